The first kappa shape index (κ1) is 15.2. The van der Waals surface area contributed by atoms with Gasteiger partial charge in [0.2, 0.25) is 0 Å². The Hall–Kier alpha value is -1.39. The van der Waals surface area contributed by atoms with Crippen LogP contribution in [0.2, 0.25) is 31.7 Å². The van der Waals surface area contributed by atoms with E-state index in [1.54, 1.807) is 10.4 Å². The number of fused-ring (bicyclic) bond motifs is 1. The van der Waals surface area contributed by atoms with Crippen molar-refractivity contribution in [2.24, 2.45) is 5.92 Å². The van der Waals surface area contributed by atoms with Crippen LogP contribution in [0.3, 0.4) is 0 Å². The molecule has 4 rings (SSSR count). The van der Waals surface area contributed by atoms with Crippen molar-refractivity contribution in [3.05, 3.63) is 71.4 Å². The standard InChI is InChI=1S/C21H26Si2/c1-22(2,3)21-14-17-15-23(16-20(17)21,18-10-6-4-7-11-18)19-12-8-5-9-13-19/h4-13,17H,14-16H2,1-3H3. The SMILES string of the molecule is C[Si](C)(C)C1=C2C[Si](c3ccccc3)(c3ccccc3)CC2C1. The first-order valence-electron chi connectivity index (χ1n) is 8.84. The summed E-state index contributed by atoms with van der Waals surface area (Å²) in [5, 5.41) is 5.18. The zero-order valence-electron chi connectivity index (χ0n) is 14.5. The normalized spacial score (nSPS) is 22.7. The van der Waals surface area contributed by atoms with Gasteiger partial charge in [-0.1, -0.05) is 101 Å². The average Bonchev–Trinajstić information content (AvgIpc) is 2.82. The highest BCUT2D eigenvalue weighted by atomic mass is 28.3. The van der Waals surface area contributed by atoms with Crippen molar-refractivity contribution in [2.45, 2.75) is 38.2 Å². The van der Waals surface area contributed by atoms with Gasteiger partial charge in [0.15, 0.2) is 0 Å². The Morgan fingerprint density at radius 3 is 1.83 bits per heavy atom. The van der Waals surface area contributed by atoms with Crippen LogP contribution in [0.15, 0.2) is 71.4 Å². The van der Waals surface area contributed by atoms with Crippen molar-refractivity contribution in [3.8, 4) is 0 Å². The highest BCUT2D eigenvalue weighted by molar-refractivity contribution is 7.03. The molecule has 1 unspecified atom stereocenters. The van der Waals surface area contributed by atoms with Crippen LogP contribution in [0.1, 0.15) is 6.42 Å². The van der Waals surface area contributed by atoms with Gasteiger partial charge in [-0.3, -0.25) is 0 Å². The molecular formula is C21H26Si2. The van der Waals surface area contributed by atoms with Crippen LogP contribution < -0.4 is 10.4 Å². The van der Waals surface area contributed by atoms with E-state index in [0.717, 1.165) is 5.92 Å². The molecule has 2 aliphatic rings. The zero-order chi connectivity index (χ0) is 16.1. The average molecular weight is 335 g/mol. The summed E-state index contributed by atoms with van der Waals surface area (Å²) in [6, 6.07) is 25.7. The molecule has 0 radical (unpaired) electrons. The van der Waals surface area contributed by atoms with Gasteiger partial charge in [-0.25, -0.2) is 0 Å². The summed E-state index contributed by atoms with van der Waals surface area (Å²) < 4.78 is 0. The molecule has 0 N–H and O–H groups in total. The third-order valence-corrected chi connectivity index (χ3v) is 13.4. The first-order valence-corrected chi connectivity index (χ1v) is 14.8. The molecule has 2 aromatic rings. The zero-order valence-corrected chi connectivity index (χ0v) is 16.5. The van der Waals surface area contributed by atoms with E-state index >= 15 is 0 Å². The molecule has 2 heteroatoms. The van der Waals surface area contributed by atoms with Crippen LogP contribution in [0, 0.1) is 5.92 Å². The molecule has 0 bridgehead atoms. The van der Waals surface area contributed by atoms with Gasteiger partial charge in [0.1, 0.15) is 8.07 Å². The van der Waals surface area contributed by atoms with E-state index < -0.39 is 16.1 Å². The quantitative estimate of drug-likeness (QED) is 0.727. The van der Waals surface area contributed by atoms with Crippen molar-refractivity contribution in [1.29, 1.82) is 0 Å². The summed E-state index contributed by atoms with van der Waals surface area (Å²) >= 11 is 0. The highest BCUT2D eigenvalue weighted by Gasteiger charge is 2.52. The van der Waals surface area contributed by atoms with Crippen LogP contribution in [-0.4, -0.2) is 16.1 Å². The first-order chi connectivity index (χ1) is 11.0. The second-order valence-electron chi connectivity index (χ2n) is 8.35. The van der Waals surface area contributed by atoms with Crippen molar-refractivity contribution < 1.29 is 0 Å². The maximum absolute atomic E-state index is 2.53. The minimum atomic E-state index is -1.60. The van der Waals surface area contributed by atoms with E-state index in [4.69, 9.17) is 0 Å². The van der Waals surface area contributed by atoms with Gasteiger partial charge in [-0.05, 0) is 24.4 Å². The second kappa shape index (κ2) is 5.32. The molecular weight excluding hydrogens is 308 g/mol. The summed E-state index contributed by atoms with van der Waals surface area (Å²) in [5.41, 5.74) is 1.88. The molecule has 0 spiro atoms. The molecule has 0 saturated carbocycles. The Bertz CT molecular complexity index is 699. The van der Waals surface area contributed by atoms with E-state index in [2.05, 4.69) is 80.3 Å². The molecule has 0 amide bonds. The number of rotatable bonds is 3. The van der Waals surface area contributed by atoms with Crippen molar-refractivity contribution in [3.63, 3.8) is 0 Å². The number of allylic oxidation sites excluding steroid dienone is 2. The van der Waals surface area contributed by atoms with Crippen LogP contribution in [0.25, 0.3) is 0 Å². The van der Waals surface area contributed by atoms with Gasteiger partial charge in [-0.2, -0.15) is 0 Å². The van der Waals surface area contributed by atoms with Gasteiger partial charge in [0.25, 0.3) is 0 Å². The topological polar surface area (TPSA) is 0 Å². The van der Waals surface area contributed by atoms with E-state index in [1.807, 2.05) is 10.8 Å². The third kappa shape index (κ3) is 2.39. The lowest BCUT2D eigenvalue weighted by molar-refractivity contribution is 0.625. The summed E-state index contributed by atoms with van der Waals surface area (Å²) in [6.45, 7) is 7.58. The third-order valence-electron chi connectivity index (χ3n) is 5.98. The molecule has 0 aromatic heterocycles. The van der Waals surface area contributed by atoms with Gasteiger partial charge in [0.05, 0.1) is 8.07 Å². The Morgan fingerprint density at radius 2 is 1.35 bits per heavy atom. The summed E-state index contributed by atoms with van der Waals surface area (Å²) in [4.78, 5) is 0. The van der Waals surface area contributed by atoms with Crippen LogP contribution >= 0.6 is 0 Å². The minimum Gasteiger partial charge on any atom is -0.0812 e. The fourth-order valence-corrected chi connectivity index (χ4v) is 12.5. The fourth-order valence-electron chi connectivity index (χ4n) is 4.79. The molecule has 1 aliphatic heterocycles. The van der Waals surface area contributed by atoms with Gasteiger partial charge in [0, 0.05) is 0 Å². The van der Waals surface area contributed by atoms with Crippen LogP contribution in [0.5, 0.6) is 0 Å². The Balaban J connectivity index is 1.84. The predicted molar refractivity (Wildman–Crippen MR) is 106 cm³/mol. The van der Waals surface area contributed by atoms with Crippen molar-refractivity contribution in [2.75, 3.05) is 0 Å². The lowest BCUT2D eigenvalue weighted by atomic mass is 9.87. The molecule has 1 aliphatic carbocycles. The molecule has 1 fully saturated rings. The minimum absolute atomic E-state index is 0.892. The summed E-state index contributed by atoms with van der Waals surface area (Å²) in [5.74, 6) is 0.892. The maximum atomic E-state index is 2.53. The van der Waals surface area contributed by atoms with Crippen molar-refractivity contribution >= 4 is 26.5 Å². The molecule has 23 heavy (non-hydrogen) atoms. The smallest absolute Gasteiger partial charge is 0.0812 e. The van der Waals surface area contributed by atoms with E-state index in [9.17, 15) is 0 Å². The molecule has 118 valence electrons. The van der Waals surface area contributed by atoms with Gasteiger partial charge in [-0.15, -0.1) is 0 Å². The number of benzene rings is 2. The largest absolute Gasteiger partial charge is 0.122 e. The van der Waals surface area contributed by atoms with E-state index in [0.29, 0.717) is 0 Å². The highest BCUT2D eigenvalue weighted by Crippen LogP contribution is 2.53. The summed E-state index contributed by atoms with van der Waals surface area (Å²) in [7, 11) is -2.73. The Morgan fingerprint density at radius 1 is 0.826 bits per heavy atom. The monoisotopic (exact) mass is 334 g/mol. The Kier molecular flexibility index (Phi) is 3.51. The summed E-state index contributed by atoms with van der Waals surface area (Å²) in [6.07, 6.45) is 1.40. The van der Waals surface area contributed by atoms with Crippen LogP contribution in [0.4, 0.5) is 0 Å². The number of hydrogen-bond donors (Lipinski definition) is 0. The lowest BCUT2D eigenvalue weighted by Gasteiger charge is -2.36. The molecule has 1 saturated heterocycles. The van der Waals surface area contributed by atoms with E-state index in [-0.39, 0.29) is 0 Å². The van der Waals surface area contributed by atoms with E-state index in [1.165, 1.54) is 18.5 Å². The predicted octanol–water partition coefficient (Wildman–Crippen LogP) is 4.46. The Labute approximate surface area is 142 Å². The van der Waals surface area contributed by atoms with Crippen LogP contribution in [-0.2, 0) is 0 Å². The van der Waals surface area contributed by atoms with Gasteiger partial charge < -0.3 is 0 Å². The maximum Gasteiger partial charge on any atom is 0.122 e. The second-order valence-corrected chi connectivity index (χ2v) is 17.5. The molecule has 2 aromatic carbocycles. The van der Waals surface area contributed by atoms with Gasteiger partial charge >= 0.3 is 0 Å². The molecule has 1 atom stereocenters. The fraction of sp³-hybridized carbons (Fsp3) is 0.333. The lowest BCUT2D eigenvalue weighted by Crippen LogP contribution is -2.56. The number of hydrogen-bond acceptors (Lipinski definition) is 0. The molecule has 0 nitrogen and oxygen atoms in total. The molecule has 1 heterocycles. The van der Waals surface area contributed by atoms with Crippen molar-refractivity contribution in [1.82, 2.24) is 0 Å².